The highest BCUT2D eigenvalue weighted by molar-refractivity contribution is 7.89. The van der Waals surface area contributed by atoms with Crippen molar-refractivity contribution >= 4 is 16.0 Å². The molecule has 1 aliphatic heterocycles. The van der Waals surface area contributed by atoms with E-state index in [2.05, 4.69) is 0 Å². The van der Waals surface area contributed by atoms with Gasteiger partial charge in [0.25, 0.3) is 0 Å². The van der Waals surface area contributed by atoms with Gasteiger partial charge in [-0.15, -0.1) is 0 Å². The second kappa shape index (κ2) is 4.66. The van der Waals surface area contributed by atoms with Crippen LogP contribution in [0.15, 0.2) is 23.1 Å². The second-order valence-corrected chi connectivity index (χ2v) is 6.00. The number of carboxylic acid groups (broad SMARTS) is 1. The summed E-state index contributed by atoms with van der Waals surface area (Å²) in [6.07, 6.45) is 1.57. The van der Waals surface area contributed by atoms with Crippen LogP contribution in [0.2, 0.25) is 0 Å². The molecule has 0 amide bonds. The Bertz CT molecular complexity index is 579. The molecule has 1 aromatic carbocycles. The first kappa shape index (κ1) is 13.0. The van der Waals surface area contributed by atoms with Crippen LogP contribution >= 0.6 is 0 Å². The number of sulfonamides is 1. The van der Waals surface area contributed by atoms with Gasteiger partial charge >= 0.3 is 5.97 Å². The molecular formula is C11H12FNO4S. The molecule has 0 atom stereocenters. The van der Waals surface area contributed by atoms with Crippen molar-refractivity contribution < 1.29 is 22.7 Å². The Morgan fingerprint density at radius 2 is 1.89 bits per heavy atom. The molecule has 18 heavy (non-hydrogen) atoms. The molecule has 1 aliphatic rings. The summed E-state index contributed by atoms with van der Waals surface area (Å²) in [4.78, 5) is 10.6. The molecule has 1 heterocycles. The third-order valence-corrected chi connectivity index (χ3v) is 4.77. The summed E-state index contributed by atoms with van der Waals surface area (Å²) >= 11 is 0. The average Bonchev–Trinajstić information content (AvgIpc) is 2.82. The minimum absolute atomic E-state index is 0.178. The Morgan fingerprint density at radius 3 is 2.44 bits per heavy atom. The van der Waals surface area contributed by atoms with Gasteiger partial charge in [-0.05, 0) is 31.0 Å². The standard InChI is InChI=1S/C11H12FNO4S/c12-10-4-3-8(7-9(10)11(14)15)18(16,17)13-5-1-2-6-13/h3-4,7H,1-2,5-6H2,(H,14,15). The topological polar surface area (TPSA) is 74.7 Å². The van der Waals surface area contributed by atoms with Gasteiger partial charge in [-0.25, -0.2) is 17.6 Å². The molecule has 98 valence electrons. The van der Waals surface area contributed by atoms with Crippen molar-refractivity contribution in [1.82, 2.24) is 4.31 Å². The average molecular weight is 273 g/mol. The molecule has 7 heteroatoms. The molecule has 1 aromatic rings. The third kappa shape index (κ3) is 2.23. The van der Waals surface area contributed by atoms with E-state index in [1.807, 2.05) is 0 Å². The number of carboxylic acids is 1. The van der Waals surface area contributed by atoms with E-state index in [-0.39, 0.29) is 4.90 Å². The molecule has 1 fully saturated rings. The maximum Gasteiger partial charge on any atom is 0.338 e. The van der Waals surface area contributed by atoms with Crippen LogP contribution in [-0.4, -0.2) is 36.9 Å². The molecule has 0 unspecified atom stereocenters. The van der Waals surface area contributed by atoms with Gasteiger partial charge in [0, 0.05) is 13.1 Å². The molecule has 0 aromatic heterocycles. The first-order chi connectivity index (χ1) is 8.43. The minimum atomic E-state index is -3.71. The van der Waals surface area contributed by atoms with Crippen molar-refractivity contribution in [3.05, 3.63) is 29.6 Å². The van der Waals surface area contributed by atoms with Crippen LogP contribution in [0.25, 0.3) is 0 Å². The molecule has 1 N–H and O–H groups in total. The van der Waals surface area contributed by atoms with Crippen LogP contribution < -0.4 is 0 Å². The van der Waals surface area contributed by atoms with Crippen LogP contribution in [0.1, 0.15) is 23.2 Å². The van der Waals surface area contributed by atoms with E-state index >= 15 is 0 Å². The Balaban J connectivity index is 2.45. The highest BCUT2D eigenvalue weighted by Crippen LogP contribution is 2.22. The number of benzene rings is 1. The van der Waals surface area contributed by atoms with Crippen LogP contribution in [0.3, 0.4) is 0 Å². The molecule has 2 rings (SSSR count). The smallest absolute Gasteiger partial charge is 0.338 e. The number of nitrogens with zero attached hydrogens (tertiary/aromatic N) is 1. The lowest BCUT2D eigenvalue weighted by Gasteiger charge is -2.15. The van der Waals surface area contributed by atoms with Gasteiger partial charge < -0.3 is 5.11 Å². The van der Waals surface area contributed by atoms with Crippen molar-refractivity contribution in [2.75, 3.05) is 13.1 Å². The molecule has 0 aliphatic carbocycles. The predicted octanol–water partition coefficient (Wildman–Crippen LogP) is 1.31. The monoisotopic (exact) mass is 273 g/mol. The first-order valence-corrected chi connectivity index (χ1v) is 6.90. The summed E-state index contributed by atoms with van der Waals surface area (Å²) in [5, 5.41) is 8.77. The summed E-state index contributed by atoms with van der Waals surface area (Å²) in [6.45, 7) is 0.838. The molecular weight excluding hydrogens is 261 g/mol. The highest BCUT2D eigenvalue weighted by Gasteiger charge is 2.28. The fourth-order valence-electron chi connectivity index (χ4n) is 1.91. The summed E-state index contributed by atoms with van der Waals surface area (Å²) in [6, 6.07) is 2.83. The number of aromatic carboxylic acids is 1. The van der Waals surface area contributed by atoms with Gasteiger partial charge in [0.05, 0.1) is 10.5 Å². The van der Waals surface area contributed by atoms with Crippen molar-refractivity contribution in [3.63, 3.8) is 0 Å². The van der Waals surface area contributed by atoms with E-state index in [0.717, 1.165) is 31.0 Å². The first-order valence-electron chi connectivity index (χ1n) is 5.46. The highest BCUT2D eigenvalue weighted by atomic mass is 32.2. The fraction of sp³-hybridized carbons (Fsp3) is 0.364. The Hall–Kier alpha value is -1.47. The van der Waals surface area contributed by atoms with Crippen LogP contribution in [0.4, 0.5) is 4.39 Å². The summed E-state index contributed by atoms with van der Waals surface area (Å²) in [5.74, 6) is -2.42. The summed E-state index contributed by atoms with van der Waals surface area (Å²) in [5.41, 5.74) is -0.629. The maximum absolute atomic E-state index is 13.2. The molecule has 5 nitrogen and oxygen atoms in total. The van der Waals surface area contributed by atoms with E-state index in [1.54, 1.807) is 0 Å². The van der Waals surface area contributed by atoms with Gasteiger partial charge in [-0.2, -0.15) is 4.31 Å². The van der Waals surface area contributed by atoms with Gasteiger partial charge in [-0.3, -0.25) is 0 Å². The van der Waals surface area contributed by atoms with Crippen molar-refractivity contribution in [2.24, 2.45) is 0 Å². The molecule has 0 spiro atoms. The maximum atomic E-state index is 13.2. The predicted molar refractivity (Wildman–Crippen MR) is 61.4 cm³/mol. The van der Waals surface area contributed by atoms with E-state index in [4.69, 9.17) is 5.11 Å². The Kier molecular flexibility index (Phi) is 3.36. The van der Waals surface area contributed by atoms with E-state index in [0.29, 0.717) is 13.1 Å². The van der Waals surface area contributed by atoms with Gasteiger partial charge in [0.2, 0.25) is 10.0 Å². The van der Waals surface area contributed by atoms with Gasteiger partial charge in [-0.1, -0.05) is 0 Å². The van der Waals surface area contributed by atoms with Crippen LogP contribution in [0.5, 0.6) is 0 Å². The number of hydrogen-bond acceptors (Lipinski definition) is 3. The largest absolute Gasteiger partial charge is 0.478 e. The molecule has 0 bridgehead atoms. The number of halogens is 1. The van der Waals surface area contributed by atoms with Crippen LogP contribution in [-0.2, 0) is 10.0 Å². The van der Waals surface area contributed by atoms with Gasteiger partial charge in [0.15, 0.2) is 0 Å². The van der Waals surface area contributed by atoms with E-state index < -0.39 is 27.4 Å². The summed E-state index contributed by atoms with van der Waals surface area (Å²) < 4.78 is 38.7. The minimum Gasteiger partial charge on any atom is -0.478 e. The zero-order chi connectivity index (χ0) is 13.3. The lowest BCUT2D eigenvalue weighted by atomic mass is 10.2. The number of hydrogen-bond donors (Lipinski definition) is 1. The molecule has 0 radical (unpaired) electrons. The second-order valence-electron chi connectivity index (χ2n) is 4.06. The zero-order valence-corrected chi connectivity index (χ0v) is 10.3. The van der Waals surface area contributed by atoms with Crippen LogP contribution in [0, 0.1) is 5.82 Å². The fourth-order valence-corrected chi connectivity index (χ4v) is 3.45. The quantitative estimate of drug-likeness (QED) is 0.901. The lowest BCUT2D eigenvalue weighted by Crippen LogP contribution is -2.28. The number of rotatable bonds is 3. The lowest BCUT2D eigenvalue weighted by molar-refractivity contribution is 0.0691. The number of carbonyl (C=O) groups is 1. The molecule has 1 saturated heterocycles. The SMILES string of the molecule is O=C(O)c1cc(S(=O)(=O)N2CCCC2)ccc1F. The Labute approximate surface area is 104 Å². The van der Waals surface area contributed by atoms with Crippen molar-refractivity contribution in [2.45, 2.75) is 17.7 Å². The summed E-state index contributed by atoms with van der Waals surface area (Å²) in [7, 11) is -3.71. The normalized spacial score (nSPS) is 16.9. The van der Waals surface area contributed by atoms with E-state index in [9.17, 15) is 17.6 Å². The zero-order valence-electron chi connectivity index (χ0n) is 9.47. The molecule has 0 saturated carbocycles. The van der Waals surface area contributed by atoms with Crippen molar-refractivity contribution in [3.8, 4) is 0 Å². The van der Waals surface area contributed by atoms with E-state index in [1.165, 1.54) is 4.31 Å². The Morgan fingerprint density at radius 1 is 1.28 bits per heavy atom. The van der Waals surface area contributed by atoms with Crippen molar-refractivity contribution in [1.29, 1.82) is 0 Å². The van der Waals surface area contributed by atoms with Gasteiger partial charge in [0.1, 0.15) is 5.82 Å². The third-order valence-electron chi connectivity index (χ3n) is 2.87.